The number of carbonyl (C=O) groups excluding carboxylic acids is 1. The molecule has 1 fully saturated rings. The van der Waals surface area contributed by atoms with Gasteiger partial charge in [0.25, 0.3) is 0 Å². The molecule has 1 aliphatic heterocycles. The lowest BCUT2D eigenvalue weighted by Gasteiger charge is -2.36. The Kier molecular flexibility index (Phi) is 28.2. The number of hydrogen-bond acceptors (Lipinski definition) is 10. The maximum atomic E-state index is 12.3. The Bertz CT molecular complexity index is 808. The molecule has 1 heterocycles. The Morgan fingerprint density at radius 1 is 0.667 bits per heavy atom. The van der Waals surface area contributed by atoms with Gasteiger partial charge in [0.05, 0.1) is 19.6 Å². The highest BCUT2D eigenvalue weighted by Gasteiger charge is 2.30. The van der Waals surface area contributed by atoms with Crippen LogP contribution >= 0.6 is 12.6 Å². The van der Waals surface area contributed by atoms with Crippen LogP contribution in [0, 0.1) is 17.3 Å². The molecule has 4 N–H and O–H groups in total. The number of carbonyl (C=O) groups is 5. The second kappa shape index (κ2) is 26.9. The van der Waals surface area contributed by atoms with Gasteiger partial charge >= 0.3 is 23.9 Å². The summed E-state index contributed by atoms with van der Waals surface area (Å²) in [5.74, 6) is -3.50. The number of hydrogen-bond donors (Lipinski definition) is 5. The van der Waals surface area contributed by atoms with Crippen LogP contribution in [0.2, 0.25) is 0 Å². The molecule has 0 aromatic heterocycles. The van der Waals surface area contributed by atoms with Crippen molar-refractivity contribution in [3.63, 3.8) is 0 Å². The van der Waals surface area contributed by atoms with E-state index in [1.54, 1.807) is 21.0 Å². The van der Waals surface area contributed by atoms with E-state index in [9.17, 15) is 44.4 Å². The van der Waals surface area contributed by atoms with Gasteiger partial charge in [0, 0.05) is 58.3 Å². The Morgan fingerprint density at radius 3 is 1.18 bits per heavy atom. The van der Waals surface area contributed by atoms with E-state index in [2.05, 4.69) is 40.3 Å². The van der Waals surface area contributed by atoms with E-state index in [4.69, 9.17) is 0 Å². The van der Waals surface area contributed by atoms with Crippen molar-refractivity contribution in [2.75, 3.05) is 78.2 Å². The number of rotatable bonds is 12. The number of carboxylic acid groups (broad SMARTS) is 4. The van der Waals surface area contributed by atoms with Gasteiger partial charge in [0.1, 0.15) is 12.3 Å². The van der Waals surface area contributed by atoms with Crippen LogP contribution in [-0.4, -0.2) is 154 Å². The van der Waals surface area contributed by atoms with Crippen LogP contribution < -0.4 is 0 Å². The molecule has 0 saturated carbocycles. The first-order valence-corrected chi connectivity index (χ1v) is 16.5. The molecule has 1 saturated heterocycles. The van der Waals surface area contributed by atoms with Crippen LogP contribution in [-0.2, 0) is 24.0 Å². The molecular formula is C31H62N4O9S. The van der Waals surface area contributed by atoms with E-state index >= 15 is 0 Å². The molecule has 13 nitrogen and oxygen atoms in total. The van der Waals surface area contributed by atoms with Gasteiger partial charge in [-0.2, -0.15) is 12.6 Å². The average Bonchev–Trinajstić information content (AvgIpc) is 2.94. The third kappa shape index (κ3) is 25.6. The van der Waals surface area contributed by atoms with Gasteiger partial charge in [-0.15, -0.1) is 0 Å². The maximum absolute atomic E-state index is 12.3. The minimum atomic E-state index is -1.02. The predicted octanol–water partition coefficient (Wildman–Crippen LogP) is 2.79. The summed E-state index contributed by atoms with van der Waals surface area (Å²) in [6.45, 7) is 17.8. The second-order valence-electron chi connectivity index (χ2n) is 12.1. The first kappa shape index (κ1) is 47.2. The number of aldehydes is 1. The minimum absolute atomic E-state index is 0.0310. The zero-order valence-corrected chi connectivity index (χ0v) is 30.0. The van der Waals surface area contributed by atoms with E-state index in [0.29, 0.717) is 71.1 Å². The zero-order chi connectivity index (χ0) is 35.8. The fraction of sp³-hybridized carbons (Fsp3) is 0.839. The lowest BCUT2D eigenvalue weighted by Crippen LogP contribution is -2.52. The van der Waals surface area contributed by atoms with Crippen molar-refractivity contribution in [1.82, 2.24) is 19.6 Å². The Morgan fingerprint density at radius 2 is 0.956 bits per heavy atom. The van der Waals surface area contributed by atoms with Crippen molar-refractivity contribution < 1.29 is 44.4 Å². The highest BCUT2D eigenvalue weighted by atomic mass is 32.1. The summed E-state index contributed by atoms with van der Waals surface area (Å²) >= 11 is 3.53. The van der Waals surface area contributed by atoms with Gasteiger partial charge in [-0.1, -0.05) is 55.4 Å². The van der Waals surface area contributed by atoms with Gasteiger partial charge in [-0.25, -0.2) is 0 Å². The molecule has 0 aromatic rings. The summed E-state index contributed by atoms with van der Waals surface area (Å²) in [5, 5.41) is 38.0. The Hall–Kier alpha value is -2.26. The molecule has 0 bridgehead atoms. The molecule has 0 amide bonds. The summed E-state index contributed by atoms with van der Waals surface area (Å²) in [4.78, 5) is 62.8. The van der Waals surface area contributed by atoms with Gasteiger partial charge in [0.15, 0.2) is 0 Å². The third-order valence-corrected chi connectivity index (χ3v) is 7.30. The smallest absolute Gasteiger partial charge is 0.320 e. The number of carboxylic acids is 4. The van der Waals surface area contributed by atoms with Gasteiger partial charge in [-0.05, 0) is 30.4 Å². The van der Waals surface area contributed by atoms with E-state index < -0.39 is 29.9 Å². The highest BCUT2D eigenvalue weighted by molar-refractivity contribution is 7.79. The van der Waals surface area contributed by atoms with Gasteiger partial charge in [-0.3, -0.25) is 38.8 Å². The van der Waals surface area contributed by atoms with Crippen LogP contribution in [0.25, 0.3) is 0 Å². The SMILES string of the molecule is CC.CC(C)C=O.CC(CCC(C(=O)O)N1CCN(CC(=O)O)CCN(CC(=O)O)CCN(CC(=O)O)CC1)C(C)(C)C.CS. The molecule has 45 heavy (non-hydrogen) atoms. The molecule has 266 valence electrons. The van der Waals surface area contributed by atoms with E-state index in [0.717, 1.165) is 6.29 Å². The Labute approximate surface area is 276 Å². The topological polar surface area (TPSA) is 179 Å². The fourth-order valence-corrected chi connectivity index (χ4v) is 4.22. The molecular weight excluding hydrogens is 604 g/mol. The van der Waals surface area contributed by atoms with E-state index in [-0.39, 0.29) is 31.0 Å². The number of nitrogens with zero attached hydrogens (tertiary/aromatic N) is 4. The largest absolute Gasteiger partial charge is 0.480 e. The second-order valence-corrected chi connectivity index (χ2v) is 12.1. The van der Waals surface area contributed by atoms with Crippen molar-refractivity contribution in [1.29, 1.82) is 0 Å². The normalized spacial score (nSPS) is 17.3. The monoisotopic (exact) mass is 666 g/mol. The van der Waals surface area contributed by atoms with E-state index in [1.165, 1.54) is 0 Å². The highest BCUT2D eigenvalue weighted by Crippen LogP contribution is 2.30. The molecule has 0 radical (unpaired) electrons. The molecule has 1 aliphatic rings. The molecule has 0 aromatic carbocycles. The standard InChI is InChI=1S/C24H44N4O8.C4H8O.C2H6.CH4S/c1-18(24(2,3)4)5-6-19(23(35)36)28-13-11-26(16-21(31)32)9-7-25(15-20(29)30)8-10-27(12-14-28)17-22(33)34;1-4(2)3-5;2*1-2/h18-19H,5-17H2,1-4H3,(H,29,30)(H,31,32)(H,33,34)(H,35,36);3-4H,1-2H3;1-2H3;2H,1H3. The van der Waals surface area contributed by atoms with Crippen LogP contribution in [0.5, 0.6) is 0 Å². The van der Waals surface area contributed by atoms with Crippen LogP contribution in [0.1, 0.15) is 68.2 Å². The zero-order valence-electron chi connectivity index (χ0n) is 29.1. The summed E-state index contributed by atoms with van der Waals surface area (Å²) in [6, 6.07) is -0.778. The molecule has 1 rings (SSSR count). The fourth-order valence-electron chi connectivity index (χ4n) is 4.22. The summed E-state index contributed by atoms with van der Waals surface area (Å²) in [7, 11) is 0. The van der Waals surface area contributed by atoms with Gasteiger partial charge in [0.2, 0.25) is 0 Å². The lowest BCUT2D eigenvalue weighted by atomic mass is 9.79. The maximum Gasteiger partial charge on any atom is 0.320 e. The molecule has 0 aliphatic carbocycles. The van der Waals surface area contributed by atoms with Crippen molar-refractivity contribution >= 4 is 42.8 Å². The number of thiol groups is 1. The van der Waals surface area contributed by atoms with Crippen LogP contribution in [0.3, 0.4) is 0 Å². The van der Waals surface area contributed by atoms with Crippen molar-refractivity contribution in [3.05, 3.63) is 0 Å². The molecule has 0 spiro atoms. The van der Waals surface area contributed by atoms with Crippen molar-refractivity contribution in [3.8, 4) is 0 Å². The molecule has 2 unspecified atom stereocenters. The molecule has 2 atom stereocenters. The molecule has 14 heteroatoms. The van der Waals surface area contributed by atoms with E-state index in [1.807, 2.05) is 32.6 Å². The van der Waals surface area contributed by atoms with Crippen LogP contribution in [0.15, 0.2) is 0 Å². The average molecular weight is 667 g/mol. The van der Waals surface area contributed by atoms with Crippen molar-refractivity contribution in [2.45, 2.75) is 74.3 Å². The van der Waals surface area contributed by atoms with Crippen molar-refractivity contribution in [2.24, 2.45) is 17.3 Å². The lowest BCUT2D eigenvalue weighted by molar-refractivity contribution is -0.145. The quantitative estimate of drug-likeness (QED) is 0.152. The summed E-state index contributed by atoms with van der Waals surface area (Å²) in [5.41, 5.74) is 0.0310. The minimum Gasteiger partial charge on any atom is -0.480 e. The van der Waals surface area contributed by atoms with Crippen LogP contribution in [0.4, 0.5) is 0 Å². The number of aliphatic carboxylic acids is 4. The Balaban J connectivity index is -0.00000174. The van der Waals surface area contributed by atoms with Gasteiger partial charge < -0.3 is 25.2 Å². The third-order valence-electron chi connectivity index (χ3n) is 7.30. The summed E-state index contributed by atoms with van der Waals surface area (Å²) in [6.07, 6.45) is 3.75. The first-order valence-electron chi connectivity index (χ1n) is 15.7. The summed E-state index contributed by atoms with van der Waals surface area (Å²) < 4.78 is 0. The predicted molar refractivity (Wildman–Crippen MR) is 180 cm³/mol. The first-order chi connectivity index (χ1) is 21.0.